The van der Waals surface area contributed by atoms with E-state index in [2.05, 4.69) is 6.92 Å². The molecule has 0 saturated heterocycles. The van der Waals surface area contributed by atoms with Crippen LogP contribution in [-0.4, -0.2) is 31.3 Å². The monoisotopic (exact) mass is 364 g/mol. The van der Waals surface area contributed by atoms with Crippen LogP contribution >= 0.6 is 0 Å². The smallest absolute Gasteiger partial charge is 0.341 e. The molecule has 146 valence electrons. The minimum atomic E-state index is -0.633. The predicted molar refractivity (Wildman–Crippen MR) is 102 cm³/mol. The number of phenols is 1. The number of hydrogen-bond acceptors (Lipinski definition) is 5. The highest BCUT2D eigenvalue weighted by Crippen LogP contribution is 2.32. The lowest BCUT2D eigenvalue weighted by Crippen LogP contribution is -2.14. The second kappa shape index (κ2) is 11.6. The van der Waals surface area contributed by atoms with Crippen LogP contribution < -0.4 is 0 Å². The molecule has 0 aliphatic heterocycles. The molecule has 5 heteroatoms. The summed E-state index contributed by atoms with van der Waals surface area (Å²) in [6, 6.07) is 1.66. The number of methoxy groups -OCH3 is 2. The molecular formula is C21H32O5. The van der Waals surface area contributed by atoms with Gasteiger partial charge in [0.05, 0.1) is 19.8 Å². The molecule has 0 aromatic heterocycles. The number of aryl methyl sites for hydroxylation is 1. The average molecular weight is 364 g/mol. The summed E-state index contributed by atoms with van der Waals surface area (Å²) < 4.78 is 9.66. The van der Waals surface area contributed by atoms with Gasteiger partial charge in [0.2, 0.25) is 0 Å². The Morgan fingerprint density at radius 2 is 1.50 bits per heavy atom. The van der Waals surface area contributed by atoms with E-state index in [1.165, 1.54) is 39.9 Å². The Balaban J connectivity index is 3.00. The van der Waals surface area contributed by atoms with Crippen LogP contribution in [0, 0.1) is 0 Å². The number of phenolic OH excluding ortho intramolecular Hbond substituents is 1. The van der Waals surface area contributed by atoms with Crippen LogP contribution in [0.15, 0.2) is 6.07 Å². The van der Waals surface area contributed by atoms with Crippen LogP contribution in [0.1, 0.15) is 90.6 Å². The molecule has 1 aromatic rings. The zero-order valence-corrected chi connectivity index (χ0v) is 16.5. The van der Waals surface area contributed by atoms with Gasteiger partial charge in [-0.3, -0.25) is 0 Å². The molecule has 0 aliphatic carbocycles. The molecule has 0 unspecified atom stereocenters. The first-order chi connectivity index (χ1) is 12.5. The van der Waals surface area contributed by atoms with Crippen LogP contribution in [0.25, 0.3) is 0 Å². The van der Waals surface area contributed by atoms with E-state index in [-0.39, 0.29) is 11.3 Å². The first kappa shape index (κ1) is 22.0. The van der Waals surface area contributed by atoms with Gasteiger partial charge in [0, 0.05) is 0 Å². The summed E-state index contributed by atoms with van der Waals surface area (Å²) >= 11 is 0. The molecule has 0 saturated carbocycles. The van der Waals surface area contributed by atoms with Gasteiger partial charge in [-0.2, -0.15) is 0 Å². The van der Waals surface area contributed by atoms with Crippen molar-refractivity contribution >= 4 is 11.9 Å². The molecule has 26 heavy (non-hydrogen) atoms. The fraction of sp³-hybridized carbons (Fsp3) is 0.619. The van der Waals surface area contributed by atoms with Crippen molar-refractivity contribution in [1.29, 1.82) is 0 Å². The van der Waals surface area contributed by atoms with Crippen LogP contribution in [0.4, 0.5) is 0 Å². The summed E-state index contributed by atoms with van der Waals surface area (Å²) in [4.78, 5) is 24.3. The van der Waals surface area contributed by atoms with Gasteiger partial charge in [-0.25, -0.2) is 9.59 Å². The Morgan fingerprint density at radius 3 is 2.04 bits per heavy atom. The maximum absolute atomic E-state index is 12.2. The van der Waals surface area contributed by atoms with Crippen molar-refractivity contribution in [3.63, 3.8) is 0 Å². The highest BCUT2D eigenvalue weighted by Gasteiger charge is 2.25. The summed E-state index contributed by atoms with van der Waals surface area (Å²) in [7, 11) is 2.57. The minimum Gasteiger partial charge on any atom is -0.507 e. The second-order valence-electron chi connectivity index (χ2n) is 6.49. The first-order valence-electron chi connectivity index (χ1n) is 9.56. The average Bonchev–Trinajstić information content (AvgIpc) is 2.66. The molecule has 0 fully saturated rings. The molecule has 1 N–H and O–H groups in total. The number of unbranched alkanes of at least 4 members (excludes halogenated alkanes) is 6. The Labute approximate surface area is 156 Å². The van der Waals surface area contributed by atoms with Crippen molar-refractivity contribution < 1.29 is 24.2 Å². The maximum Gasteiger partial charge on any atom is 0.341 e. The van der Waals surface area contributed by atoms with Crippen molar-refractivity contribution in [1.82, 2.24) is 0 Å². The van der Waals surface area contributed by atoms with Crippen molar-refractivity contribution in [2.45, 2.75) is 71.6 Å². The minimum absolute atomic E-state index is 0.0765. The zero-order chi connectivity index (χ0) is 19.5. The topological polar surface area (TPSA) is 72.8 Å². The lowest BCUT2D eigenvalue weighted by molar-refractivity contribution is 0.0594. The number of carbonyl (C=O) groups excluding carboxylic acids is 2. The maximum atomic E-state index is 12.2. The molecule has 1 rings (SSSR count). The molecule has 0 heterocycles. The number of rotatable bonds is 11. The fourth-order valence-electron chi connectivity index (χ4n) is 3.21. The first-order valence-corrected chi connectivity index (χ1v) is 9.56. The number of carbonyl (C=O) groups is 2. The lowest BCUT2D eigenvalue weighted by Gasteiger charge is -2.16. The number of aromatic hydroxyl groups is 1. The Bertz CT molecular complexity index is 607. The van der Waals surface area contributed by atoms with Gasteiger partial charge in [-0.1, -0.05) is 52.4 Å². The largest absolute Gasteiger partial charge is 0.507 e. The van der Waals surface area contributed by atoms with Crippen LogP contribution in [0.5, 0.6) is 5.75 Å². The van der Waals surface area contributed by atoms with E-state index in [4.69, 9.17) is 9.47 Å². The lowest BCUT2D eigenvalue weighted by atomic mass is 9.92. The molecular weight excluding hydrogens is 332 g/mol. The second-order valence-corrected chi connectivity index (χ2v) is 6.49. The Kier molecular flexibility index (Phi) is 9.78. The summed E-state index contributed by atoms with van der Waals surface area (Å²) in [5.41, 5.74) is 1.46. The highest BCUT2D eigenvalue weighted by atomic mass is 16.5. The molecule has 0 amide bonds. The van der Waals surface area contributed by atoms with Crippen LogP contribution in [0.2, 0.25) is 0 Å². The SMILES string of the molecule is CCCCCCCCCc1cc(C(=O)OC)c(CC)c(C(=O)OC)c1O. The van der Waals surface area contributed by atoms with Gasteiger partial charge in [-0.15, -0.1) is 0 Å². The number of esters is 2. The van der Waals surface area contributed by atoms with E-state index < -0.39 is 11.9 Å². The molecule has 0 atom stereocenters. The molecule has 0 aliphatic rings. The van der Waals surface area contributed by atoms with Gasteiger partial charge in [0.1, 0.15) is 11.3 Å². The van der Waals surface area contributed by atoms with Crippen molar-refractivity contribution in [2.24, 2.45) is 0 Å². The molecule has 0 spiro atoms. The fourth-order valence-corrected chi connectivity index (χ4v) is 3.21. The quantitative estimate of drug-likeness (QED) is 0.450. The van der Waals surface area contributed by atoms with Gasteiger partial charge in [0.15, 0.2) is 0 Å². The summed E-state index contributed by atoms with van der Waals surface area (Å²) in [6.07, 6.45) is 9.10. The van der Waals surface area contributed by atoms with E-state index >= 15 is 0 Å². The van der Waals surface area contributed by atoms with E-state index in [0.717, 1.165) is 19.3 Å². The standard InChI is InChI=1S/C21H32O5/c1-5-7-8-9-10-11-12-13-15-14-17(20(23)25-3)16(6-2)18(19(15)22)21(24)26-4/h14,22H,5-13H2,1-4H3. The third kappa shape index (κ3) is 5.75. The predicted octanol–water partition coefficient (Wildman–Crippen LogP) is 4.82. The van der Waals surface area contributed by atoms with E-state index in [0.29, 0.717) is 29.5 Å². The molecule has 0 bridgehead atoms. The Hall–Kier alpha value is -2.04. The zero-order valence-electron chi connectivity index (χ0n) is 16.5. The molecule has 5 nitrogen and oxygen atoms in total. The van der Waals surface area contributed by atoms with E-state index in [9.17, 15) is 14.7 Å². The third-order valence-electron chi connectivity index (χ3n) is 4.68. The van der Waals surface area contributed by atoms with Crippen molar-refractivity contribution in [2.75, 3.05) is 14.2 Å². The Morgan fingerprint density at radius 1 is 0.923 bits per heavy atom. The van der Waals surface area contributed by atoms with Crippen molar-refractivity contribution in [3.8, 4) is 5.75 Å². The van der Waals surface area contributed by atoms with E-state index in [1.807, 2.05) is 6.92 Å². The van der Waals surface area contributed by atoms with Crippen molar-refractivity contribution in [3.05, 3.63) is 28.3 Å². The van der Waals surface area contributed by atoms with Gasteiger partial charge >= 0.3 is 11.9 Å². The van der Waals surface area contributed by atoms with Gasteiger partial charge in [-0.05, 0) is 36.5 Å². The van der Waals surface area contributed by atoms with E-state index in [1.54, 1.807) is 6.07 Å². The number of benzene rings is 1. The number of ether oxygens (including phenoxy) is 2. The summed E-state index contributed by atoms with van der Waals surface area (Å²) in [5.74, 6) is -1.22. The molecule has 0 radical (unpaired) electrons. The molecule has 1 aromatic carbocycles. The normalized spacial score (nSPS) is 10.6. The summed E-state index contributed by atoms with van der Waals surface area (Å²) in [6.45, 7) is 4.02. The number of hydrogen-bond donors (Lipinski definition) is 1. The van der Waals surface area contributed by atoms with Gasteiger partial charge in [0.25, 0.3) is 0 Å². The highest BCUT2D eigenvalue weighted by molar-refractivity contribution is 6.00. The van der Waals surface area contributed by atoms with Crippen LogP contribution in [-0.2, 0) is 22.3 Å². The summed E-state index contributed by atoms with van der Waals surface area (Å²) in [5, 5.41) is 10.6. The van der Waals surface area contributed by atoms with Crippen LogP contribution in [0.3, 0.4) is 0 Å². The third-order valence-corrected chi connectivity index (χ3v) is 4.68. The van der Waals surface area contributed by atoms with Gasteiger partial charge < -0.3 is 14.6 Å².